The van der Waals surface area contributed by atoms with E-state index in [1.807, 2.05) is 0 Å². The first-order chi connectivity index (χ1) is 15.0. The highest BCUT2D eigenvalue weighted by Crippen LogP contribution is 2.39. The Bertz CT molecular complexity index is 1140. The lowest BCUT2D eigenvalue weighted by atomic mass is 9.96. The number of anilines is 1. The van der Waals surface area contributed by atoms with E-state index in [1.165, 1.54) is 36.3 Å². The SMILES string of the molecule is C[C@@]1(O)[C@H](O)[C@@H](CO)O[C@H]1n1cnc2c(NCCC3=CCc4ccccc43)ncnc21. The van der Waals surface area contributed by atoms with E-state index < -0.39 is 30.6 Å². The number of rotatable bonds is 6. The van der Waals surface area contributed by atoms with Crippen molar-refractivity contribution in [2.45, 2.75) is 43.8 Å². The number of nitrogens with zero attached hydrogens (tertiary/aromatic N) is 4. The summed E-state index contributed by atoms with van der Waals surface area (Å²) < 4.78 is 7.26. The highest BCUT2D eigenvalue weighted by atomic mass is 16.6. The number of ether oxygens (including phenoxy) is 1. The van der Waals surface area contributed by atoms with Crippen LogP contribution in [-0.4, -0.2) is 65.8 Å². The van der Waals surface area contributed by atoms with Gasteiger partial charge in [-0.05, 0) is 36.5 Å². The van der Waals surface area contributed by atoms with Gasteiger partial charge in [-0.25, -0.2) is 15.0 Å². The third-order valence-corrected chi connectivity index (χ3v) is 6.16. The summed E-state index contributed by atoms with van der Waals surface area (Å²) in [6, 6.07) is 8.44. The number of benzene rings is 1. The molecule has 31 heavy (non-hydrogen) atoms. The maximum atomic E-state index is 10.8. The minimum atomic E-state index is -1.61. The molecule has 0 amide bonds. The molecule has 9 nitrogen and oxygen atoms in total. The van der Waals surface area contributed by atoms with Crippen molar-refractivity contribution in [1.29, 1.82) is 0 Å². The first-order valence-corrected chi connectivity index (χ1v) is 10.4. The van der Waals surface area contributed by atoms with E-state index in [-0.39, 0.29) is 0 Å². The number of aliphatic hydroxyl groups is 3. The molecular weight excluding hydrogens is 398 g/mol. The average molecular weight is 423 g/mol. The Kier molecular flexibility index (Phi) is 4.98. The molecule has 3 aromatic rings. The zero-order valence-electron chi connectivity index (χ0n) is 17.1. The van der Waals surface area contributed by atoms with Crippen LogP contribution >= 0.6 is 0 Å². The third kappa shape index (κ3) is 3.30. The first-order valence-electron chi connectivity index (χ1n) is 10.4. The van der Waals surface area contributed by atoms with Crippen molar-refractivity contribution < 1.29 is 20.1 Å². The number of imidazole rings is 1. The highest BCUT2D eigenvalue weighted by molar-refractivity contribution is 5.83. The maximum Gasteiger partial charge on any atom is 0.168 e. The largest absolute Gasteiger partial charge is 0.394 e. The molecule has 4 atom stereocenters. The molecule has 3 heterocycles. The second-order valence-electron chi connectivity index (χ2n) is 8.19. The fourth-order valence-electron chi connectivity index (χ4n) is 4.45. The van der Waals surface area contributed by atoms with Crippen LogP contribution in [0.3, 0.4) is 0 Å². The van der Waals surface area contributed by atoms with Crippen LogP contribution in [0.2, 0.25) is 0 Å². The lowest BCUT2D eigenvalue weighted by Gasteiger charge is -2.27. The van der Waals surface area contributed by atoms with Crippen LogP contribution < -0.4 is 5.32 Å². The van der Waals surface area contributed by atoms with Crippen molar-refractivity contribution in [2.24, 2.45) is 0 Å². The first kappa shape index (κ1) is 20.1. The molecule has 0 bridgehead atoms. The van der Waals surface area contributed by atoms with Gasteiger partial charge in [0.25, 0.3) is 0 Å². The summed E-state index contributed by atoms with van der Waals surface area (Å²) in [5.74, 6) is 0.590. The number of allylic oxidation sites excluding steroid dienone is 1. The van der Waals surface area contributed by atoms with Gasteiger partial charge < -0.3 is 25.4 Å². The van der Waals surface area contributed by atoms with Gasteiger partial charge in [-0.1, -0.05) is 30.3 Å². The van der Waals surface area contributed by atoms with Crippen molar-refractivity contribution >= 4 is 22.6 Å². The molecule has 162 valence electrons. The lowest BCUT2D eigenvalue weighted by molar-refractivity contribution is -0.0950. The summed E-state index contributed by atoms with van der Waals surface area (Å²) in [5.41, 5.74) is 3.38. The second kappa shape index (κ2) is 7.69. The molecule has 2 aromatic heterocycles. The Hall–Kier alpha value is -2.85. The smallest absolute Gasteiger partial charge is 0.168 e. The van der Waals surface area contributed by atoms with Crippen molar-refractivity contribution in [3.63, 3.8) is 0 Å². The van der Waals surface area contributed by atoms with Crippen LogP contribution in [-0.2, 0) is 11.2 Å². The van der Waals surface area contributed by atoms with E-state index >= 15 is 0 Å². The molecule has 0 saturated carbocycles. The number of aromatic nitrogens is 4. The normalized spacial score (nSPS) is 27.5. The van der Waals surface area contributed by atoms with Crippen molar-refractivity contribution in [3.8, 4) is 0 Å². The number of aliphatic hydroxyl groups excluding tert-OH is 2. The minimum absolute atomic E-state index is 0.402. The van der Waals surface area contributed by atoms with E-state index in [9.17, 15) is 15.3 Å². The van der Waals surface area contributed by atoms with Gasteiger partial charge in [-0.15, -0.1) is 0 Å². The third-order valence-electron chi connectivity index (χ3n) is 6.16. The quantitative estimate of drug-likeness (QED) is 0.467. The van der Waals surface area contributed by atoms with Crippen molar-refractivity contribution in [1.82, 2.24) is 19.5 Å². The monoisotopic (exact) mass is 423 g/mol. The molecule has 9 heteroatoms. The molecule has 5 rings (SSSR count). The minimum Gasteiger partial charge on any atom is -0.394 e. The number of hydrogen-bond acceptors (Lipinski definition) is 8. The fourth-order valence-corrected chi connectivity index (χ4v) is 4.45. The lowest BCUT2D eigenvalue weighted by Crippen LogP contribution is -2.44. The number of nitrogens with one attached hydrogen (secondary N) is 1. The Morgan fingerprint density at radius 1 is 1.26 bits per heavy atom. The summed E-state index contributed by atoms with van der Waals surface area (Å²) in [5, 5.41) is 33.8. The van der Waals surface area contributed by atoms with E-state index in [4.69, 9.17) is 4.74 Å². The van der Waals surface area contributed by atoms with Crippen LogP contribution in [0.5, 0.6) is 0 Å². The van der Waals surface area contributed by atoms with E-state index in [0.29, 0.717) is 23.5 Å². The predicted molar refractivity (Wildman–Crippen MR) is 114 cm³/mol. The summed E-state index contributed by atoms with van der Waals surface area (Å²) >= 11 is 0. The van der Waals surface area contributed by atoms with Gasteiger partial charge in [0, 0.05) is 6.54 Å². The Labute approximate surface area is 179 Å². The molecule has 1 aliphatic heterocycles. The van der Waals surface area contributed by atoms with Gasteiger partial charge in [-0.3, -0.25) is 4.57 Å². The summed E-state index contributed by atoms with van der Waals surface area (Å²) in [7, 11) is 0. The van der Waals surface area contributed by atoms with Crippen molar-refractivity contribution in [2.75, 3.05) is 18.5 Å². The molecule has 2 aliphatic rings. The predicted octanol–water partition coefficient (Wildman–Crippen LogP) is 1.27. The van der Waals surface area contributed by atoms with Gasteiger partial charge in [0.1, 0.15) is 24.1 Å². The Morgan fingerprint density at radius 3 is 2.90 bits per heavy atom. The Morgan fingerprint density at radius 2 is 2.10 bits per heavy atom. The topological polar surface area (TPSA) is 126 Å². The molecule has 1 aromatic carbocycles. The van der Waals surface area contributed by atoms with Crippen molar-refractivity contribution in [3.05, 3.63) is 54.1 Å². The molecule has 0 spiro atoms. The maximum absolute atomic E-state index is 10.8. The standard InChI is InChI=1S/C22H25N5O4/c1-22(30)18(29)16(10-28)31-21(22)27-12-26-17-19(24-11-25-20(17)27)23-9-8-14-7-6-13-4-2-3-5-15(13)14/h2-5,7,11-12,16,18,21,28-30H,6,8-10H2,1H3,(H,23,24,25)/t16-,18-,21-,22-/m1/s1. The molecular formula is C22H25N5O4. The van der Waals surface area contributed by atoms with E-state index in [2.05, 4.69) is 50.6 Å². The van der Waals surface area contributed by atoms with Gasteiger partial charge in [-0.2, -0.15) is 0 Å². The van der Waals surface area contributed by atoms with Crippen LogP contribution in [0.1, 0.15) is 30.7 Å². The summed E-state index contributed by atoms with van der Waals surface area (Å²) in [6.45, 7) is 1.75. The van der Waals surface area contributed by atoms with E-state index in [1.54, 1.807) is 4.57 Å². The molecule has 1 fully saturated rings. The summed E-state index contributed by atoms with van der Waals surface area (Å²) in [6.07, 6.45) is 3.96. The van der Waals surface area contributed by atoms with Crippen LogP contribution in [0.25, 0.3) is 16.7 Å². The molecule has 0 radical (unpaired) electrons. The Balaban J connectivity index is 1.35. The molecule has 4 N–H and O–H groups in total. The average Bonchev–Trinajstić information content (AvgIpc) is 3.44. The van der Waals surface area contributed by atoms with Gasteiger partial charge in [0.2, 0.25) is 0 Å². The van der Waals surface area contributed by atoms with Gasteiger partial charge in [0.15, 0.2) is 23.2 Å². The van der Waals surface area contributed by atoms with Gasteiger partial charge in [0.05, 0.1) is 12.9 Å². The van der Waals surface area contributed by atoms with E-state index in [0.717, 1.165) is 12.8 Å². The zero-order valence-corrected chi connectivity index (χ0v) is 17.1. The zero-order chi connectivity index (χ0) is 21.6. The van der Waals surface area contributed by atoms with Crippen LogP contribution in [0.4, 0.5) is 5.82 Å². The molecule has 0 unspecified atom stereocenters. The van der Waals surface area contributed by atoms with Gasteiger partial charge >= 0.3 is 0 Å². The molecule has 1 aliphatic carbocycles. The fraction of sp³-hybridized carbons (Fsp3) is 0.409. The summed E-state index contributed by atoms with van der Waals surface area (Å²) in [4.78, 5) is 13.0. The second-order valence-corrected chi connectivity index (χ2v) is 8.19. The van der Waals surface area contributed by atoms with Crippen LogP contribution in [0, 0.1) is 0 Å². The number of hydrogen-bond donors (Lipinski definition) is 4. The molecule has 1 saturated heterocycles. The highest BCUT2D eigenvalue weighted by Gasteiger charge is 2.53. The number of fused-ring (bicyclic) bond motifs is 2. The van der Waals surface area contributed by atoms with Crippen LogP contribution in [0.15, 0.2) is 43.0 Å².